The van der Waals surface area contributed by atoms with Crippen molar-refractivity contribution in [3.63, 3.8) is 0 Å². The third-order valence-corrected chi connectivity index (χ3v) is 4.87. The first-order valence-corrected chi connectivity index (χ1v) is 8.20. The van der Waals surface area contributed by atoms with Gasteiger partial charge in [0.05, 0.1) is 4.75 Å². The molecule has 0 bridgehead atoms. The topological polar surface area (TPSA) is 49.7 Å². The Balaban J connectivity index is 2.33. The van der Waals surface area contributed by atoms with Crippen LogP contribution < -0.4 is 0 Å². The van der Waals surface area contributed by atoms with Gasteiger partial charge in [-0.15, -0.1) is 0 Å². The summed E-state index contributed by atoms with van der Waals surface area (Å²) in [5.74, 6) is 0.0310. The molecule has 0 fully saturated rings. The van der Waals surface area contributed by atoms with Crippen LogP contribution in [0.25, 0.3) is 0 Å². The zero-order chi connectivity index (χ0) is 15.8. The van der Waals surface area contributed by atoms with E-state index in [1.165, 1.54) is 0 Å². The van der Waals surface area contributed by atoms with Gasteiger partial charge in [-0.2, -0.15) is 4.40 Å². The average Bonchev–Trinajstić information content (AvgIpc) is 2.78. The number of halogens is 1. The Kier molecular flexibility index (Phi) is 4.54. The Morgan fingerprint density at radius 1 is 1.38 bits per heavy atom. The first-order chi connectivity index (χ1) is 9.68. The molecule has 0 N–H and O–H groups in total. The van der Waals surface area contributed by atoms with E-state index in [0.717, 1.165) is 16.7 Å². The van der Waals surface area contributed by atoms with Crippen LogP contribution in [-0.4, -0.2) is 26.0 Å². The number of fused-ring (bicyclic) bond motifs is 1. The van der Waals surface area contributed by atoms with Crippen molar-refractivity contribution in [1.29, 1.82) is 0 Å². The number of carbonyl (C=O) groups excluding carboxylic acids is 1. The van der Waals surface area contributed by atoms with E-state index in [0.29, 0.717) is 18.1 Å². The van der Waals surface area contributed by atoms with Crippen molar-refractivity contribution >= 4 is 34.7 Å². The third kappa shape index (κ3) is 3.71. The van der Waals surface area contributed by atoms with Gasteiger partial charge in [0.15, 0.2) is 0 Å². The molecule has 0 saturated heterocycles. The summed E-state index contributed by atoms with van der Waals surface area (Å²) in [4.78, 5) is 13.3. The van der Waals surface area contributed by atoms with Crippen molar-refractivity contribution in [2.24, 2.45) is 4.40 Å². The van der Waals surface area contributed by atoms with Crippen LogP contribution in [0.3, 0.4) is 0 Å². The van der Waals surface area contributed by atoms with Crippen LogP contribution in [-0.2, 0) is 28.9 Å². The lowest BCUT2D eigenvalue weighted by molar-refractivity contribution is -0.129. The first-order valence-electron chi connectivity index (χ1n) is 6.71. The van der Waals surface area contributed by atoms with E-state index < -0.39 is 15.7 Å². The Bertz CT molecular complexity index is 635. The zero-order valence-corrected chi connectivity index (χ0v) is 14.2. The van der Waals surface area contributed by atoms with Crippen LogP contribution >= 0.6 is 11.6 Å². The molecule has 1 aromatic carbocycles. The number of hydrogen-bond donors (Lipinski definition) is 0. The number of amides is 1. The minimum absolute atomic E-state index is 0.0310. The van der Waals surface area contributed by atoms with Gasteiger partial charge in [-0.1, -0.05) is 11.6 Å². The molecule has 1 atom stereocenters. The largest absolute Gasteiger partial charge is 0.334 e. The summed E-state index contributed by atoms with van der Waals surface area (Å²) in [6.07, 6.45) is 1.61. The number of benzene rings is 1. The van der Waals surface area contributed by atoms with Crippen LogP contribution in [0, 0.1) is 0 Å². The number of nitrogens with zero attached hydrogens (tertiary/aromatic N) is 2. The van der Waals surface area contributed by atoms with Gasteiger partial charge in [-0.05, 0) is 44.0 Å². The van der Waals surface area contributed by atoms with Gasteiger partial charge in [0.2, 0.25) is 5.91 Å². The molecular weight excluding hydrogens is 308 g/mol. The molecule has 1 aliphatic heterocycles. The maximum Gasteiger partial charge on any atom is 0.220 e. The minimum Gasteiger partial charge on any atom is -0.334 e. The standard InChI is InChI=1S/C15H19ClN2O2S/c1-10(19)18-8-12-6-13(16)5-11(14(12)9-18)7-17-21(20)15(2,3)4/h5-7H,8-9H2,1-4H3/b17-7+. The van der Waals surface area contributed by atoms with E-state index in [2.05, 4.69) is 4.40 Å². The van der Waals surface area contributed by atoms with E-state index in [1.807, 2.05) is 26.8 Å². The normalized spacial score (nSPS) is 16.3. The van der Waals surface area contributed by atoms with Crippen molar-refractivity contribution in [3.8, 4) is 0 Å². The number of carbonyl (C=O) groups is 1. The van der Waals surface area contributed by atoms with E-state index in [1.54, 1.807) is 24.1 Å². The Morgan fingerprint density at radius 3 is 2.62 bits per heavy atom. The maximum atomic E-state index is 12.0. The molecule has 2 rings (SSSR count). The molecule has 21 heavy (non-hydrogen) atoms. The molecule has 114 valence electrons. The van der Waals surface area contributed by atoms with Crippen LogP contribution in [0.15, 0.2) is 16.5 Å². The summed E-state index contributed by atoms with van der Waals surface area (Å²) < 4.78 is 15.8. The van der Waals surface area contributed by atoms with Gasteiger partial charge in [-0.25, -0.2) is 4.21 Å². The lowest BCUT2D eigenvalue weighted by atomic mass is 10.0. The van der Waals surface area contributed by atoms with E-state index in [4.69, 9.17) is 11.6 Å². The fourth-order valence-electron chi connectivity index (χ4n) is 2.10. The molecule has 1 aromatic rings. The molecule has 0 aliphatic carbocycles. The predicted molar refractivity (Wildman–Crippen MR) is 86.9 cm³/mol. The number of hydrogen-bond acceptors (Lipinski definition) is 2. The molecule has 0 saturated carbocycles. The molecule has 1 heterocycles. The molecule has 1 aliphatic rings. The fraction of sp³-hybridized carbons (Fsp3) is 0.467. The predicted octanol–water partition coefficient (Wildman–Crippen LogP) is 3.08. The molecule has 1 amide bonds. The highest BCUT2D eigenvalue weighted by atomic mass is 35.5. The minimum atomic E-state index is -1.31. The van der Waals surface area contributed by atoms with Crippen molar-refractivity contribution < 1.29 is 9.00 Å². The Morgan fingerprint density at radius 2 is 2.05 bits per heavy atom. The first kappa shape index (κ1) is 16.2. The Labute approximate surface area is 132 Å². The van der Waals surface area contributed by atoms with Gasteiger partial charge < -0.3 is 4.90 Å². The molecule has 1 unspecified atom stereocenters. The molecule has 0 radical (unpaired) electrons. The fourth-order valence-corrected chi connectivity index (χ4v) is 2.88. The van der Waals surface area contributed by atoms with Gasteiger partial charge >= 0.3 is 0 Å². The van der Waals surface area contributed by atoms with Crippen LogP contribution in [0.5, 0.6) is 0 Å². The maximum absolute atomic E-state index is 12.0. The summed E-state index contributed by atoms with van der Waals surface area (Å²) in [6, 6.07) is 3.67. The van der Waals surface area contributed by atoms with Crippen molar-refractivity contribution in [3.05, 3.63) is 33.8 Å². The summed E-state index contributed by atoms with van der Waals surface area (Å²) in [5.41, 5.74) is 2.89. The average molecular weight is 327 g/mol. The second-order valence-electron chi connectivity index (χ2n) is 6.10. The molecule has 0 aromatic heterocycles. The van der Waals surface area contributed by atoms with Gasteiger partial charge in [0, 0.05) is 36.8 Å². The zero-order valence-electron chi connectivity index (χ0n) is 12.6. The van der Waals surface area contributed by atoms with Gasteiger partial charge in [0.1, 0.15) is 11.0 Å². The summed E-state index contributed by atoms with van der Waals surface area (Å²) in [6.45, 7) is 8.29. The summed E-state index contributed by atoms with van der Waals surface area (Å²) in [7, 11) is -1.31. The lowest BCUT2D eigenvalue weighted by Crippen LogP contribution is -2.22. The Hall–Kier alpha value is -1.20. The van der Waals surface area contributed by atoms with E-state index >= 15 is 0 Å². The van der Waals surface area contributed by atoms with E-state index in [-0.39, 0.29) is 5.91 Å². The summed E-state index contributed by atoms with van der Waals surface area (Å²) >= 11 is 6.12. The quantitative estimate of drug-likeness (QED) is 0.784. The van der Waals surface area contributed by atoms with Crippen molar-refractivity contribution in [1.82, 2.24) is 4.90 Å². The van der Waals surface area contributed by atoms with Gasteiger partial charge in [0.25, 0.3) is 0 Å². The molecule has 0 spiro atoms. The molecular formula is C15H19ClN2O2S. The highest BCUT2D eigenvalue weighted by Crippen LogP contribution is 2.29. The van der Waals surface area contributed by atoms with Crippen molar-refractivity contribution in [2.75, 3.05) is 0 Å². The second kappa shape index (κ2) is 5.89. The van der Waals surface area contributed by atoms with Crippen LogP contribution in [0.1, 0.15) is 44.4 Å². The number of rotatable bonds is 2. The second-order valence-corrected chi connectivity index (χ2v) is 8.47. The molecule has 6 heteroatoms. The molecule has 4 nitrogen and oxygen atoms in total. The third-order valence-electron chi connectivity index (χ3n) is 3.31. The SMILES string of the molecule is CC(=O)N1Cc2cc(Cl)cc(/C=N/S(=O)C(C)(C)C)c2C1. The van der Waals surface area contributed by atoms with E-state index in [9.17, 15) is 9.00 Å². The lowest BCUT2D eigenvalue weighted by Gasteiger charge is -2.13. The highest BCUT2D eigenvalue weighted by Gasteiger charge is 2.24. The highest BCUT2D eigenvalue weighted by molar-refractivity contribution is 7.85. The van der Waals surface area contributed by atoms with Gasteiger partial charge in [-0.3, -0.25) is 4.79 Å². The summed E-state index contributed by atoms with van der Waals surface area (Å²) in [5, 5.41) is 0.599. The van der Waals surface area contributed by atoms with Crippen LogP contribution in [0.2, 0.25) is 5.02 Å². The smallest absolute Gasteiger partial charge is 0.220 e. The van der Waals surface area contributed by atoms with Crippen molar-refractivity contribution in [2.45, 2.75) is 45.5 Å². The monoisotopic (exact) mass is 326 g/mol. The van der Waals surface area contributed by atoms with Crippen LogP contribution in [0.4, 0.5) is 0 Å².